The third-order valence-corrected chi connectivity index (χ3v) is 7.21. The fourth-order valence-electron chi connectivity index (χ4n) is 5.16. The van der Waals surface area contributed by atoms with Crippen molar-refractivity contribution in [1.82, 2.24) is 29.4 Å². The van der Waals surface area contributed by atoms with E-state index in [1.54, 1.807) is 48.3 Å². The van der Waals surface area contributed by atoms with E-state index in [1.165, 1.54) is 24.3 Å². The Morgan fingerprint density at radius 1 is 1.10 bits per heavy atom. The molecule has 0 saturated carbocycles. The highest BCUT2D eigenvalue weighted by Crippen LogP contribution is 2.29. The number of pyridine rings is 1. The zero-order chi connectivity index (χ0) is 29.4. The summed E-state index contributed by atoms with van der Waals surface area (Å²) in [5.41, 5.74) is 3.14. The number of oxazole rings is 1. The maximum atomic E-state index is 14.6. The number of nitrogens with zero attached hydrogens (tertiary/aromatic N) is 6. The van der Waals surface area contributed by atoms with Crippen molar-refractivity contribution in [3.05, 3.63) is 78.8 Å². The summed E-state index contributed by atoms with van der Waals surface area (Å²) in [5, 5.41) is 3.36. The number of Topliss-reactive ketones (excluding diaryl/α,β-unsaturated/α-hetero) is 1. The topological polar surface area (TPSA) is 136 Å². The summed E-state index contributed by atoms with van der Waals surface area (Å²) in [6.45, 7) is 2.87. The predicted octanol–water partition coefficient (Wildman–Crippen LogP) is 4.24. The van der Waals surface area contributed by atoms with Gasteiger partial charge in [-0.1, -0.05) is 12.1 Å². The molecular weight excluding hydrogens is 541 g/mol. The van der Waals surface area contributed by atoms with Crippen LogP contribution < -0.4 is 5.32 Å². The summed E-state index contributed by atoms with van der Waals surface area (Å²) >= 11 is 0. The minimum Gasteiger partial charge on any atom is -0.443 e. The molecule has 1 saturated heterocycles. The van der Waals surface area contributed by atoms with Crippen molar-refractivity contribution < 1.29 is 23.2 Å². The lowest BCUT2D eigenvalue weighted by Crippen LogP contribution is -2.44. The lowest BCUT2D eigenvalue weighted by molar-refractivity contribution is -0.137. The van der Waals surface area contributed by atoms with Crippen LogP contribution >= 0.6 is 0 Å². The number of carbonyl (C=O) groups is 3. The molecule has 4 aromatic heterocycles. The van der Waals surface area contributed by atoms with E-state index in [4.69, 9.17) is 4.42 Å². The summed E-state index contributed by atoms with van der Waals surface area (Å²) in [7, 11) is 0. The molecule has 1 aliphatic heterocycles. The predicted molar refractivity (Wildman–Crippen MR) is 151 cm³/mol. The first-order valence-electron chi connectivity index (χ1n) is 13.3. The van der Waals surface area contributed by atoms with Crippen molar-refractivity contribution in [2.45, 2.75) is 39.0 Å². The van der Waals surface area contributed by atoms with Gasteiger partial charge in [-0.15, -0.1) is 0 Å². The van der Waals surface area contributed by atoms with Crippen molar-refractivity contribution in [1.29, 1.82) is 0 Å². The number of nitrogens with one attached hydrogen (secondary N) is 1. The number of amides is 2. The quantitative estimate of drug-likeness (QED) is 0.289. The number of fused-ring (bicyclic) bond motifs is 1. The van der Waals surface area contributed by atoms with Gasteiger partial charge in [0.1, 0.15) is 42.4 Å². The fourth-order valence-corrected chi connectivity index (χ4v) is 5.16. The number of hydrogen-bond acceptors (Lipinski definition) is 8. The molecule has 2 atom stereocenters. The molecule has 0 unspecified atom stereocenters. The molecule has 212 valence electrons. The molecule has 0 radical (unpaired) electrons. The minimum absolute atomic E-state index is 0.135. The first kappa shape index (κ1) is 26.9. The van der Waals surface area contributed by atoms with Crippen molar-refractivity contribution in [2.75, 3.05) is 11.9 Å². The van der Waals surface area contributed by atoms with E-state index in [2.05, 4.69) is 25.3 Å². The molecule has 0 aliphatic carbocycles. The van der Waals surface area contributed by atoms with E-state index in [0.29, 0.717) is 28.0 Å². The zero-order valence-corrected chi connectivity index (χ0v) is 22.8. The van der Waals surface area contributed by atoms with E-state index >= 15 is 0 Å². The van der Waals surface area contributed by atoms with Crippen molar-refractivity contribution in [3.63, 3.8) is 0 Å². The Kier molecular flexibility index (Phi) is 7.03. The summed E-state index contributed by atoms with van der Waals surface area (Å²) in [4.78, 5) is 57.4. The molecule has 1 aliphatic rings. The number of likely N-dealkylation sites (tertiary alicyclic amines) is 1. The van der Waals surface area contributed by atoms with Crippen LogP contribution in [0.1, 0.15) is 29.5 Å². The second-order valence-corrected chi connectivity index (χ2v) is 10.1. The Labute approximate surface area is 239 Å². The maximum absolute atomic E-state index is 14.6. The van der Waals surface area contributed by atoms with Gasteiger partial charge < -0.3 is 19.2 Å². The summed E-state index contributed by atoms with van der Waals surface area (Å²) in [6.07, 6.45) is 6.45. The molecule has 5 aromatic rings. The molecule has 6 rings (SSSR count). The van der Waals surface area contributed by atoms with Crippen LogP contribution in [0.4, 0.5) is 10.2 Å². The normalized spacial score (nSPS) is 16.6. The van der Waals surface area contributed by atoms with Crippen LogP contribution in [0.2, 0.25) is 0 Å². The zero-order valence-electron chi connectivity index (χ0n) is 22.8. The number of aryl methyl sites for hydroxylation is 1. The number of halogens is 1. The van der Waals surface area contributed by atoms with E-state index in [0.717, 1.165) is 11.1 Å². The highest BCUT2D eigenvalue weighted by molar-refractivity contribution is 6.08. The molecule has 0 bridgehead atoms. The molecule has 12 heteroatoms. The van der Waals surface area contributed by atoms with Gasteiger partial charge >= 0.3 is 0 Å². The monoisotopic (exact) mass is 567 g/mol. The summed E-state index contributed by atoms with van der Waals surface area (Å²) < 4.78 is 21.5. The van der Waals surface area contributed by atoms with Gasteiger partial charge in [0, 0.05) is 47.0 Å². The van der Waals surface area contributed by atoms with E-state index in [-0.39, 0.29) is 37.0 Å². The van der Waals surface area contributed by atoms with Gasteiger partial charge in [0.2, 0.25) is 17.7 Å². The molecule has 1 fully saturated rings. The van der Waals surface area contributed by atoms with Crippen LogP contribution in [0.3, 0.4) is 0 Å². The number of ketones is 1. The second-order valence-electron chi connectivity index (χ2n) is 10.1. The van der Waals surface area contributed by atoms with Gasteiger partial charge in [0.25, 0.3) is 0 Å². The Morgan fingerprint density at radius 3 is 2.64 bits per heavy atom. The lowest BCUT2D eigenvalue weighted by atomic mass is 10.0. The second kappa shape index (κ2) is 11.0. The highest BCUT2D eigenvalue weighted by Gasteiger charge is 2.40. The Morgan fingerprint density at radius 2 is 1.90 bits per heavy atom. The third kappa shape index (κ3) is 5.26. The molecule has 11 nitrogen and oxygen atoms in total. The van der Waals surface area contributed by atoms with Crippen molar-refractivity contribution in [2.24, 2.45) is 0 Å². The summed E-state index contributed by atoms with van der Waals surface area (Å²) in [6, 6.07) is 9.47. The fraction of sp³-hybridized carbons (Fsp3) is 0.233. The number of hydrogen-bond donors (Lipinski definition) is 1. The van der Waals surface area contributed by atoms with Crippen LogP contribution in [0, 0.1) is 6.92 Å². The third-order valence-electron chi connectivity index (χ3n) is 7.21. The van der Waals surface area contributed by atoms with Crippen LogP contribution in [0.25, 0.3) is 33.6 Å². The first-order chi connectivity index (χ1) is 20.3. The number of rotatable bonds is 7. The van der Waals surface area contributed by atoms with Crippen LogP contribution in [-0.4, -0.2) is 65.8 Å². The average molecular weight is 568 g/mol. The number of benzene rings is 1. The summed E-state index contributed by atoms with van der Waals surface area (Å²) in [5.74, 6) is 0.00474. The standard InChI is InChI=1S/C30H26FN7O4/c1-17(39)23-15-37(25-7-6-19(10-22(23)25)20-12-33-18(2)34-13-20)16-28(40)38-14-21(31)11-26(38)29(41)36-27-5-3-4-24(35-27)30-32-8-9-42-30/h3-10,12-13,15,21,26H,11,14,16H2,1-2H3,(H,35,36,41)/t21-,26+/m1/s1. The number of alkyl halides is 1. The van der Waals surface area contributed by atoms with Gasteiger partial charge in [-0.05, 0) is 43.7 Å². The Hall–Kier alpha value is -5.26. The molecule has 1 N–H and O–H groups in total. The first-order valence-corrected chi connectivity index (χ1v) is 13.3. The van der Waals surface area contributed by atoms with Gasteiger partial charge in [0.15, 0.2) is 5.78 Å². The molecule has 0 spiro atoms. The highest BCUT2D eigenvalue weighted by atomic mass is 19.1. The molecule has 5 heterocycles. The van der Waals surface area contributed by atoms with Gasteiger partial charge in [-0.25, -0.2) is 24.3 Å². The average Bonchev–Trinajstić information content (AvgIpc) is 3.73. The molecular formula is C30H26FN7O4. The van der Waals surface area contributed by atoms with Crippen molar-refractivity contribution >= 4 is 34.3 Å². The smallest absolute Gasteiger partial charge is 0.248 e. The Bertz CT molecular complexity index is 1800. The maximum Gasteiger partial charge on any atom is 0.248 e. The van der Waals surface area contributed by atoms with Gasteiger partial charge in [0.05, 0.1) is 12.7 Å². The minimum atomic E-state index is -1.36. The van der Waals surface area contributed by atoms with E-state index in [1.807, 2.05) is 18.2 Å². The molecule has 1 aromatic carbocycles. The van der Waals surface area contributed by atoms with Crippen LogP contribution in [0.15, 0.2) is 71.9 Å². The Balaban J connectivity index is 1.23. The van der Waals surface area contributed by atoms with Crippen molar-refractivity contribution in [3.8, 4) is 22.7 Å². The SMILES string of the molecule is CC(=O)c1cn(CC(=O)N2C[C@H](F)C[C@H]2C(=O)Nc2cccc(-c3ncco3)n2)c2ccc(-c3cnc(C)nc3)cc12. The molecule has 42 heavy (non-hydrogen) atoms. The van der Waals surface area contributed by atoms with E-state index in [9.17, 15) is 18.8 Å². The molecule has 2 amide bonds. The van der Waals surface area contributed by atoms with Gasteiger partial charge in [-0.3, -0.25) is 14.4 Å². The largest absolute Gasteiger partial charge is 0.443 e. The number of aromatic nitrogens is 5. The van der Waals surface area contributed by atoms with Gasteiger partial charge in [-0.2, -0.15) is 0 Å². The number of anilines is 1. The lowest BCUT2D eigenvalue weighted by Gasteiger charge is -2.24. The van der Waals surface area contributed by atoms with E-state index < -0.39 is 24.0 Å². The number of carbonyl (C=O) groups excluding carboxylic acids is 3. The van der Waals surface area contributed by atoms with Crippen LogP contribution in [-0.2, 0) is 16.1 Å². The van der Waals surface area contributed by atoms with Crippen LogP contribution in [0.5, 0.6) is 0 Å².